The number of benzene rings is 1. The van der Waals surface area contributed by atoms with Gasteiger partial charge >= 0.3 is 0 Å². The zero-order valence-corrected chi connectivity index (χ0v) is 7.88. The third-order valence-electron chi connectivity index (χ3n) is 1.84. The lowest BCUT2D eigenvalue weighted by atomic mass is 10.0. The monoisotopic (exact) mass is 184 g/mol. The molecule has 1 N–H and O–H groups in total. The maximum absolute atomic E-state index is 8.84. The highest BCUT2D eigenvalue weighted by Crippen LogP contribution is 2.18. The van der Waals surface area contributed by atoms with Gasteiger partial charge in [0.2, 0.25) is 0 Å². The molecule has 0 amide bonds. The molecule has 0 bridgehead atoms. The molecule has 0 aliphatic heterocycles. The van der Waals surface area contributed by atoms with E-state index in [0.717, 1.165) is 17.0 Å². The Morgan fingerprint density at radius 1 is 1.42 bits per heavy atom. The van der Waals surface area contributed by atoms with Crippen LogP contribution in [0, 0.1) is 5.92 Å². The van der Waals surface area contributed by atoms with Gasteiger partial charge in [0.05, 0.1) is 0 Å². The molecule has 1 atom stereocenters. The smallest absolute Gasteiger partial charge is 0.0459 e. The first-order chi connectivity index (χ1) is 5.74. The molecule has 12 heavy (non-hydrogen) atoms. The number of hydrogen-bond donors (Lipinski definition) is 1. The molecule has 1 nitrogen and oxygen atoms in total. The van der Waals surface area contributed by atoms with E-state index in [2.05, 4.69) is 0 Å². The Morgan fingerprint density at radius 2 is 2.08 bits per heavy atom. The number of halogens is 1. The van der Waals surface area contributed by atoms with Crippen LogP contribution in [-0.4, -0.2) is 11.7 Å². The molecule has 0 fully saturated rings. The van der Waals surface area contributed by atoms with Crippen molar-refractivity contribution in [2.75, 3.05) is 6.61 Å². The Kier molecular flexibility index (Phi) is 3.57. The summed E-state index contributed by atoms with van der Waals surface area (Å²) < 4.78 is 0. The topological polar surface area (TPSA) is 20.2 Å². The van der Waals surface area contributed by atoms with Crippen LogP contribution in [0.25, 0.3) is 0 Å². The minimum Gasteiger partial charge on any atom is -0.396 e. The first kappa shape index (κ1) is 9.56. The zero-order chi connectivity index (χ0) is 8.97. The van der Waals surface area contributed by atoms with Gasteiger partial charge in [-0.2, -0.15) is 0 Å². The Balaban J connectivity index is 2.69. The van der Waals surface area contributed by atoms with E-state index in [1.165, 1.54) is 0 Å². The predicted octanol–water partition coefficient (Wildman–Crippen LogP) is 2.51. The summed E-state index contributed by atoms with van der Waals surface area (Å²) in [5, 5.41) is 9.63. The molecule has 1 aromatic carbocycles. The summed E-state index contributed by atoms with van der Waals surface area (Å²) in [7, 11) is 0. The van der Waals surface area contributed by atoms with Crippen LogP contribution in [0.1, 0.15) is 12.5 Å². The predicted molar refractivity (Wildman–Crippen MR) is 51.4 cm³/mol. The third kappa shape index (κ3) is 2.50. The normalized spacial score (nSPS) is 12.9. The number of hydrogen-bond acceptors (Lipinski definition) is 1. The van der Waals surface area contributed by atoms with Gasteiger partial charge in [-0.25, -0.2) is 0 Å². The van der Waals surface area contributed by atoms with Crippen LogP contribution in [0.3, 0.4) is 0 Å². The Labute approximate surface area is 78.0 Å². The lowest BCUT2D eigenvalue weighted by Gasteiger charge is -2.08. The van der Waals surface area contributed by atoms with Crippen molar-refractivity contribution >= 4 is 11.6 Å². The molecule has 1 unspecified atom stereocenters. The molecule has 1 aromatic rings. The van der Waals surface area contributed by atoms with E-state index in [0.29, 0.717) is 0 Å². The summed E-state index contributed by atoms with van der Waals surface area (Å²) >= 11 is 5.94. The molecule has 0 spiro atoms. The molecular formula is C10H13ClO. The molecular weight excluding hydrogens is 172 g/mol. The zero-order valence-electron chi connectivity index (χ0n) is 7.13. The second kappa shape index (κ2) is 4.48. The van der Waals surface area contributed by atoms with Crippen LogP contribution >= 0.6 is 11.6 Å². The van der Waals surface area contributed by atoms with Gasteiger partial charge < -0.3 is 5.11 Å². The van der Waals surface area contributed by atoms with Crippen LogP contribution in [-0.2, 0) is 6.42 Å². The van der Waals surface area contributed by atoms with Gasteiger partial charge in [0.15, 0.2) is 0 Å². The van der Waals surface area contributed by atoms with Gasteiger partial charge in [0, 0.05) is 11.6 Å². The van der Waals surface area contributed by atoms with Gasteiger partial charge in [-0.1, -0.05) is 36.7 Å². The van der Waals surface area contributed by atoms with E-state index in [1.807, 2.05) is 31.2 Å². The van der Waals surface area contributed by atoms with Crippen molar-refractivity contribution in [1.82, 2.24) is 0 Å². The first-order valence-electron chi connectivity index (χ1n) is 4.08. The van der Waals surface area contributed by atoms with Crippen molar-refractivity contribution in [3.63, 3.8) is 0 Å². The minimum atomic E-state index is 0.214. The number of rotatable bonds is 3. The fourth-order valence-electron chi connectivity index (χ4n) is 1.10. The van der Waals surface area contributed by atoms with Gasteiger partial charge in [-0.15, -0.1) is 0 Å². The molecule has 0 aromatic heterocycles. The van der Waals surface area contributed by atoms with E-state index in [4.69, 9.17) is 16.7 Å². The lowest BCUT2D eigenvalue weighted by molar-refractivity contribution is 0.237. The highest BCUT2D eigenvalue weighted by atomic mass is 35.5. The maximum atomic E-state index is 8.84. The number of aliphatic hydroxyl groups is 1. The largest absolute Gasteiger partial charge is 0.396 e. The second-order valence-corrected chi connectivity index (χ2v) is 3.49. The van der Waals surface area contributed by atoms with Crippen molar-refractivity contribution in [3.05, 3.63) is 34.9 Å². The van der Waals surface area contributed by atoms with E-state index in [1.54, 1.807) is 0 Å². The summed E-state index contributed by atoms with van der Waals surface area (Å²) in [6.45, 7) is 2.22. The molecule has 1 rings (SSSR count). The molecule has 0 saturated carbocycles. The molecule has 0 aliphatic rings. The average molecular weight is 185 g/mol. The Hall–Kier alpha value is -0.530. The minimum absolute atomic E-state index is 0.214. The quantitative estimate of drug-likeness (QED) is 0.766. The second-order valence-electron chi connectivity index (χ2n) is 3.08. The lowest BCUT2D eigenvalue weighted by Crippen LogP contribution is -2.04. The summed E-state index contributed by atoms with van der Waals surface area (Å²) in [4.78, 5) is 0. The van der Waals surface area contributed by atoms with Gasteiger partial charge in [0.25, 0.3) is 0 Å². The van der Waals surface area contributed by atoms with E-state index >= 15 is 0 Å². The average Bonchev–Trinajstić information content (AvgIpc) is 2.09. The summed E-state index contributed by atoms with van der Waals surface area (Å²) in [6.07, 6.45) is 0.843. The van der Waals surface area contributed by atoms with Crippen molar-refractivity contribution in [3.8, 4) is 0 Å². The maximum Gasteiger partial charge on any atom is 0.0459 e. The highest BCUT2D eigenvalue weighted by molar-refractivity contribution is 6.31. The van der Waals surface area contributed by atoms with Crippen molar-refractivity contribution in [1.29, 1.82) is 0 Å². The standard InChI is InChI=1S/C10H13ClO/c1-8(7-12)6-9-4-2-3-5-10(9)11/h2-5,8,12H,6-7H2,1H3. The number of aliphatic hydroxyl groups excluding tert-OH is 1. The molecule has 0 saturated heterocycles. The van der Waals surface area contributed by atoms with Crippen LogP contribution in [0.15, 0.2) is 24.3 Å². The van der Waals surface area contributed by atoms with Crippen LogP contribution in [0.2, 0.25) is 5.02 Å². The van der Waals surface area contributed by atoms with Gasteiger partial charge in [0.1, 0.15) is 0 Å². The SMILES string of the molecule is CC(CO)Cc1ccccc1Cl. The van der Waals surface area contributed by atoms with Crippen LogP contribution < -0.4 is 0 Å². The molecule has 2 heteroatoms. The van der Waals surface area contributed by atoms with Gasteiger partial charge in [-0.3, -0.25) is 0 Å². The Bertz CT molecular complexity index is 247. The van der Waals surface area contributed by atoms with Crippen molar-refractivity contribution in [2.45, 2.75) is 13.3 Å². The van der Waals surface area contributed by atoms with E-state index in [9.17, 15) is 0 Å². The van der Waals surface area contributed by atoms with Crippen molar-refractivity contribution < 1.29 is 5.11 Å². The first-order valence-corrected chi connectivity index (χ1v) is 4.46. The van der Waals surface area contributed by atoms with Crippen LogP contribution in [0.5, 0.6) is 0 Å². The van der Waals surface area contributed by atoms with Crippen molar-refractivity contribution in [2.24, 2.45) is 5.92 Å². The molecule has 66 valence electrons. The highest BCUT2D eigenvalue weighted by Gasteiger charge is 2.04. The van der Waals surface area contributed by atoms with Gasteiger partial charge in [-0.05, 0) is 24.0 Å². The fourth-order valence-corrected chi connectivity index (χ4v) is 1.32. The summed E-state index contributed by atoms with van der Waals surface area (Å²) in [6, 6.07) is 7.75. The van der Waals surface area contributed by atoms with E-state index in [-0.39, 0.29) is 12.5 Å². The summed E-state index contributed by atoms with van der Waals surface area (Å²) in [5.74, 6) is 0.282. The van der Waals surface area contributed by atoms with E-state index < -0.39 is 0 Å². The third-order valence-corrected chi connectivity index (χ3v) is 2.21. The summed E-state index contributed by atoms with van der Waals surface area (Å²) in [5.41, 5.74) is 1.11. The Morgan fingerprint density at radius 3 is 2.67 bits per heavy atom. The van der Waals surface area contributed by atoms with Crippen LogP contribution in [0.4, 0.5) is 0 Å². The molecule has 0 aliphatic carbocycles. The fraction of sp³-hybridized carbons (Fsp3) is 0.400. The molecule has 0 radical (unpaired) electrons. The molecule has 0 heterocycles.